The minimum Gasteiger partial charge on any atom is -0.461 e. The van der Waals surface area contributed by atoms with Crippen LogP contribution in [0.5, 0.6) is 0 Å². The van der Waals surface area contributed by atoms with E-state index in [-0.39, 0.29) is 11.5 Å². The van der Waals surface area contributed by atoms with Gasteiger partial charge in [0.1, 0.15) is 16.4 Å². The molecule has 10 heteroatoms. The minimum absolute atomic E-state index is 0.170. The Morgan fingerprint density at radius 3 is 2.74 bits per heavy atom. The Hall–Kier alpha value is -2.85. The van der Waals surface area contributed by atoms with Gasteiger partial charge in [-0.05, 0) is 38.8 Å². The van der Waals surface area contributed by atoms with Crippen LogP contribution in [0.1, 0.15) is 34.2 Å². The second-order valence-corrected chi connectivity index (χ2v) is 9.81. The fourth-order valence-electron chi connectivity index (χ4n) is 3.55. The monoisotopic (exact) mass is 458 g/mol. The third-order valence-corrected chi connectivity index (χ3v) is 7.58. The van der Waals surface area contributed by atoms with E-state index >= 15 is 0 Å². The Balaban J connectivity index is 1.87. The number of rotatable bonds is 7. The number of fused-ring (bicyclic) bond motifs is 3. The first-order valence-corrected chi connectivity index (χ1v) is 12.2. The highest BCUT2D eigenvalue weighted by atomic mass is 32.2. The number of ether oxygens (including phenoxy) is 1. The molecule has 1 aromatic carbocycles. The maximum Gasteiger partial charge on any atom is 0.356 e. The van der Waals surface area contributed by atoms with E-state index in [4.69, 9.17) is 4.74 Å². The van der Waals surface area contributed by atoms with Gasteiger partial charge >= 0.3 is 5.97 Å². The van der Waals surface area contributed by atoms with Gasteiger partial charge in [-0.15, -0.1) is 6.58 Å². The number of nitrogens with zero attached hydrogens (tertiary/aromatic N) is 3. The van der Waals surface area contributed by atoms with E-state index in [1.54, 1.807) is 37.3 Å². The molecule has 162 valence electrons. The number of carbonyl (C=O) groups excluding carboxylic acids is 1. The van der Waals surface area contributed by atoms with E-state index in [0.29, 0.717) is 46.3 Å². The van der Waals surface area contributed by atoms with Gasteiger partial charge in [0.2, 0.25) is 0 Å². The zero-order chi connectivity index (χ0) is 22.2. The number of aromatic amines is 1. The topological polar surface area (TPSA) is 107 Å². The summed E-state index contributed by atoms with van der Waals surface area (Å²) in [7, 11) is -3.89. The molecule has 2 aromatic heterocycles. The Labute approximate surface area is 184 Å². The molecule has 0 amide bonds. The molecule has 0 aliphatic heterocycles. The molecule has 31 heavy (non-hydrogen) atoms. The van der Waals surface area contributed by atoms with Crippen LogP contribution in [0, 0.1) is 6.92 Å². The highest BCUT2D eigenvalue weighted by Crippen LogP contribution is 2.41. The van der Waals surface area contributed by atoms with Gasteiger partial charge in [0.05, 0.1) is 22.8 Å². The SMILES string of the molecule is C=CCSc1nn(S(=O)(=O)c2ccc(C)cc2)c2c1-c1n[nH]c(C(=O)OCC)c1CC2. The van der Waals surface area contributed by atoms with Crippen LogP contribution in [0.3, 0.4) is 0 Å². The van der Waals surface area contributed by atoms with E-state index < -0.39 is 16.0 Å². The summed E-state index contributed by atoms with van der Waals surface area (Å²) in [6.07, 6.45) is 2.58. The first kappa shape index (κ1) is 21.4. The first-order valence-electron chi connectivity index (χ1n) is 9.81. The molecule has 2 heterocycles. The molecule has 3 aromatic rings. The lowest BCUT2D eigenvalue weighted by atomic mass is 9.94. The van der Waals surface area contributed by atoms with Crippen LogP contribution < -0.4 is 0 Å². The van der Waals surface area contributed by atoms with Gasteiger partial charge in [-0.2, -0.15) is 22.7 Å². The van der Waals surface area contributed by atoms with Gasteiger partial charge in [-0.3, -0.25) is 5.10 Å². The summed E-state index contributed by atoms with van der Waals surface area (Å²) in [6.45, 7) is 7.63. The molecule has 0 saturated carbocycles. The molecule has 0 fully saturated rings. The molecule has 1 N–H and O–H groups in total. The number of hydrogen-bond donors (Lipinski definition) is 1. The molecule has 4 rings (SSSR count). The van der Waals surface area contributed by atoms with Crippen molar-refractivity contribution in [2.24, 2.45) is 0 Å². The van der Waals surface area contributed by atoms with Crippen molar-refractivity contribution in [3.05, 3.63) is 59.4 Å². The zero-order valence-corrected chi connectivity index (χ0v) is 18.8. The van der Waals surface area contributed by atoms with E-state index in [1.165, 1.54) is 11.8 Å². The van der Waals surface area contributed by atoms with Crippen molar-refractivity contribution in [3.8, 4) is 11.3 Å². The second kappa shape index (κ2) is 8.35. The predicted octanol–water partition coefficient (Wildman–Crippen LogP) is 3.37. The molecule has 0 saturated heterocycles. The Morgan fingerprint density at radius 1 is 1.32 bits per heavy atom. The molecular weight excluding hydrogens is 436 g/mol. The van der Waals surface area contributed by atoms with Crippen LogP contribution in [0.2, 0.25) is 0 Å². The Kier molecular flexibility index (Phi) is 5.76. The lowest BCUT2D eigenvalue weighted by molar-refractivity contribution is 0.0518. The number of thioether (sulfide) groups is 1. The van der Waals surface area contributed by atoms with Crippen molar-refractivity contribution in [1.29, 1.82) is 0 Å². The van der Waals surface area contributed by atoms with Crippen molar-refractivity contribution >= 4 is 27.8 Å². The normalized spacial score (nSPS) is 12.8. The van der Waals surface area contributed by atoms with Gasteiger partial charge in [0.15, 0.2) is 0 Å². The van der Waals surface area contributed by atoms with Crippen LogP contribution in [0.4, 0.5) is 0 Å². The maximum atomic E-state index is 13.4. The van der Waals surface area contributed by atoms with Crippen molar-refractivity contribution in [1.82, 2.24) is 19.4 Å². The number of H-pyrrole nitrogens is 1. The van der Waals surface area contributed by atoms with E-state index in [2.05, 4.69) is 21.9 Å². The third-order valence-electron chi connectivity index (χ3n) is 4.99. The van der Waals surface area contributed by atoms with Crippen LogP contribution in [0.25, 0.3) is 11.3 Å². The molecule has 0 unspecified atom stereocenters. The van der Waals surface area contributed by atoms with E-state index in [1.807, 2.05) is 6.92 Å². The summed E-state index contributed by atoms with van der Waals surface area (Å²) in [5, 5.41) is 12.1. The number of carbonyl (C=O) groups is 1. The number of aryl methyl sites for hydroxylation is 1. The summed E-state index contributed by atoms with van der Waals surface area (Å²) < 4.78 is 33.0. The van der Waals surface area contributed by atoms with Gasteiger partial charge in [-0.25, -0.2) is 4.79 Å². The van der Waals surface area contributed by atoms with Crippen LogP contribution in [0.15, 0.2) is 46.8 Å². The van der Waals surface area contributed by atoms with Crippen molar-refractivity contribution in [2.45, 2.75) is 36.6 Å². The highest BCUT2D eigenvalue weighted by Gasteiger charge is 2.35. The van der Waals surface area contributed by atoms with Gasteiger partial charge in [0.25, 0.3) is 10.0 Å². The molecule has 0 bridgehead atoms. The van der Waals surface area contributed by atoms with Gasteiger partial charge in [-0.1, -0.05) is 35.5 Å². The van der Waals surface area contributed by atoms with E-state index in [0.717, 1.165) is 15.2 Å². The molecule has 0 spiro atoms. The summed E-state index contributed by atoms with van der Waals surface area (Å²) >= 11 is 1.38. The average Bonchev–Trinajstić information content (AvgIpc) is 3.34. The zero-order valence-electron chi connectivity index (χ0n) is 17.2. The largest absolute Gasteiger partial charge is 0.461 e. The molecular formula is C21H22N4O4S2. The number of esters is 1. The second-order valence-electron chi connectivity index (χ2n) is 7.03. The summed E-state index contributed by atoms with van der Waals surface area (Å²) in [6, 6.07) is 6.68. The van der Waals surface area contributed by atoms with Crippen LogP contribution in [-0.4, -0.2) is 46.1 Å². The van der Waals surface area contributed by atoms with Gasteiger partial charge < -0.3 is 4.74 Å². The number of benzene rings is 1. The minimum atomic E-state index is -3.89. The highest BCUT2D eigenvalue weighted by molar-refractivity contribution is 7.99. The Morgan fingerprint density at radius 2 is 2.06 bits per heavy atom. The summed E-state index contributed by atoms with van der Waals surface area (Å²) in [5.41, 5.74) is 3.73. The fourth-order valence-corrected chi connectivity index (χ4v) is 5.72. The van der Waals surface area contributed by atoms with Crippen LogP contribution >= 0.6 is 11.8 Å². The predicted molar refractivity (Wildman–Crippen MR) is 118 cm³/mol. The molecule has 1 aliphatic rings. The van der Waals surface area contributed by atoms with Gasteiger partial charge in [0, 0.05) is 11.3 Å². The lowest BCUT2D eigenvalue weighted by Crippen LogP contribution is -2.19. The number of hydrogen-bond acceptors (Lipinski definition) is 7. The molecule has 0 atom stereocenters. The Bertz CT molecular complexity index is 1260. The van der Waals surface area contributed by atoms with E-state index in [9.17, 15) is 13.2 Å². The number of aromatic nitrogens is 4. The lowest BCUT2D eigenvalue weighted by Gasteiger charge is -2.15. The maximum absolute atomic E-state index is 13.4. The molecule has 1 aliphatic carbocycles. The molecule has 0 radical (unpaired) electrons. The van der Waals surface area contributed by atoms with Crippen molar-refractivity contribution in [3.63, 3.8) is 0 Å². The number of nitrogens with one attached hydrogen (secondary N) is 1. The quantitative estimate of drug-likeness (QED) is 0.329. The smallest absolute Gasteiger partial charge is 0.356 e. The van der Waals surface area contributed by atoms with Crippen molar-refractivity contribution < 1.29 is 17.9 Å². The van der Waals surface area contributed by atoms with Crippen molar-refractivity contribution in [2.75, 3.05) is 12.4 Å². The summed E-state index contributed by atoms with van der Waals surface area (Å²) in [5.74, 6) is 0.0816. The summed E-state index contributed by atoms with van der Waals surface area (Å²) in [4.78, 5) is 12.5. The standard InChI is InChI=1S/C21H22N4O4S2/c1-4-12-30-20-17-16(11-10-15-18(17)22-23-19(15)21(26)29-5-2)25(24-20)31(27,28)14-8-6-13(3)7-9-14/h4,6-9H,1,5,10-12H2,2-3H3,(H,22,23). The first-order chi connectivity index (χ1) is 14.9. The van der Waals surface area contributed by atoms with Crippen LogP contribution in [-0.2, 0) is 27.6 Å². The third kappa shape index (κ3) is 3.70. The molecule has 8 nitrogen and oxygen atoms in total. The average molecular weight is 459 g/mol. The fraction of sp³-hybridized carbons (Fsp3) is 0.286.